The summed E-state index contributed by atoms with van der Waals surface area (Å²) in [5, 5.41) is 3.09. The molecule has 0 spiro atoms. The molecule has 0 aliphatic carbocycles. The van der Waals surface area contributed by atoms with Crippen LogP contribution < -0.4 is 10.2 Å². The quantitative estimate of drug-likeness (QED) is 0.782. The molecule has 1 aromatic rings. The molecule has 1 N–H and O–H groups in total. The predicted octanol–water partition coefficient (Wildman–Crippen LogP) is 0.970. The first kappa shape index (κ1) is 21.0. The van der Waals surface area contributed by atoms with Gasteiger partial charge in [-0.3, -0.25) is 14.4 Å². The van der Waals surface area contributed by atoms with Crippen molar-refractivity contribution in [3.8, 4) is 0 Å². The number of thioether (sulfide) groups is 1. The van der Waals surface area contributed by atoms with Crippen molar-refractivity contribution in [3.05, 3.63) is 24.3 Å². The number of carbonyl (C=O) groups excluding carboxylic acids is 3. The Kier molecular flexibility index (Phi) is 6.85. The van der Waals surface area contributed by atoms with Crippen molar-refractivity contribution < 1.29 is 14.4 Å². The van der Waals surface area contributed by atoms with Gasteiger partial charge in [-0.15, -0.1) is 24.2 Å². The summed E-state index contributed by atoms with van der Waals surface area (Å²) < 4.78 is 0. The van der Waals surface area contributed by atoms with Crippen LogP contribution in [0.1, 0.15) is 12.8 Å². The second-order valence-electron chi connectivity index (χ2n) is 7.14. The molecule has 1 unspecified atom stereocenters. The van der Waals surface area contributed by atoms with Crippen LogP contribution in [0.25, 0.3) is 0 Å². The SMILES string of the molecule is Cl.O=C(CN1C(=O)CSc2ccccc21)N1CCCC(N2CCNCC2=O)C1. The zero-order valence-electron chi connectivity index (χ0n) is 15.6. The highest BCUT2D eigenvalue weighted by Gasteiger charge is 2.33. The minimum Gasteiger partial charge on any atom is -0.339 e. The standard InChI is InChI=1S/C19H24N4O3S.ClH/c24-17-10-20-7-9-22(17)14-4-3-8-21(11-14)18(25)12-23-15-5-1-2-6-16(15)27-13-19(23)26;/h1-2,5-6,14,20H,3-4,7-13H2;1H. The Morgan fingerprint density at radius 3 is 2.82 bits per heavy atom. The van der Waals surface area contributed by atoms with Gasteiger partial charge in [-0.05, 0) is 25.0 Å². The number of rotatable bonds is 3. The average molecular weight is 425 g/mol. The van der Waals surface area contributed by atoms with Gasteiger partial charge < -0.3 is 20.0 Å². The number of hydrogen-bond donors (Lipinski definition) is 1. The molecule has 9 heteroatoms. The van der Waals surface area contributed by atoms with Crippen LogP contribution in [0.2, 0.25) is 0 Å². The van der Waals surface area contributed by atoms with Crippen LogP contribution >= 0.6 is 24.2 Å². The van der Waals surface area contributed by atoms with E-state index < -0.39 is 0 Å². The Morgan fingerprint density at radius 2 is 2.00 bits per heavy atom. The highest BCUT2D eigenvalue weighted by Crippen LogP contribution is 2.34. The van der Waals surface area contributed by atoms with Crippen LogP contribution in [0.5, 0.6) is 0 Å². The van der Waals surface area contributed by atoms with Crippen molar-refractivity contribution in [2.24, 2.45) is 0 Å². The highest BCUT2D eigenvalue weighted by atomic mass is 35.5. The Bertz CT molecular complexity index is 762. The number of fused-ring (bicyclic) bond motifs is 1. The van der Waals surface area contributed by atoms with Gasteiger partial charge in [0.1, 0.15) is 6.54 Å². The normalized spacial score (nSPS) is 22.6. The number of anilines is 1. The van der Waals surface area contributed by atoms with Gasteiger partial charge in [-0.1, -0.05) is 12.1 Å². The van der Waals surface area contributed by atoms with Gasteiger partial charge in [0.2, 0.25) is 17.7 Å². The summed E-state index contributed by atoms with van der Waals surface area (Å²) >= 11 is 1.52. The van der Waals surface area contributed by atoms with Crippen LogP contribution in [0.3, 0.4) is 0 Å². The third kappa shape index (κ3) is 4.29. The van der Waals surface area contributed by atoms with Gasteiger partial charge in [-0.25, -0.2) is 0 Å². The molecule has 28 heavy (non-hydrogen) atoms. The lowest BCUT2D eigenvalue weighted by Gasteiger charge is -2.41. The van der Waals surface area contributed by atoms with Gasteiger partial charge in [-0.2, -0.15) is 0 Å². The van der Waals surface area contributed by atoms with E-state index in [1.165, 1.54) is 11.8 Å². The molecule has 0 radical (unpaired) electrons. The Morgan fingerprint density at radius 1 is 1.18 bits per heavy atom. The molecule has 0 aromatic heterocycles. The van der Waals surface area contributed by atoms with E-state index in [0.29, 0.717) is 31.9 Å². The Balaban J connectivity index is 0.00000225. The largest absolute Gasteiger partial charge is 0.339 e. The molecule has 4 rings (SSSR count). The minimum atomic E-state index is -0.0441. The number of carbonyl (C=O) groups is 3. The summed E-state index contributed by atoms with van der Waals surface area (Å²) in [5.41, 5.74) is 0.818. The number of nitrogens with zero attached hydrogens (tertiary/aromatic N) is 3. The molecule has 1 aromatic carbocycles. The smallest absolute Gasteiger partial charge is 0.242 e. The maximum atomic E-state index is 12.9. The number of amides is 3. The van der Waals surface area contributed by atoms with Crippen molar-refractivity contribution in [3.63, 3.8) is 0 Å². The zero-order valence-corrected chi connectivity index (χ0v) is 17.3. The van der Waals surface area contributed by atoms with Crippen LogP contribution in [0.4, 0.5) is 5.69 Å². The molecule has 0 saturated carbocycles. The van der Waals surface area contributed by atoms with Crippen LogP contribution in [0, 0.1) is 0 Å². The number of benzene rings is 1. The topological polar surface area (TPSA) is 73.0 Å². The van der Waals surface area contributed by atoms with Crippen LogP contribution in [0.15, 0.2) is 29.2 Å². The molecule has 3 amide bonds. The third-order valence-electron chi connectivity index (χ3n) is 5.42. The molecule has 7 nitrogen and oxygen atoms in total. The van der Waals surface area contributed by atoms with E-state index in [-0.39, 0.29) is 42.7 Å². The molecule has 3 aliphatic heterocycles. The monoisotopic (exact) mass is 424 g/mol. The molecule has 2 fully saturated rings. The maximum absolute atomic E-state index is 12.9. The van der Waals surface area contributed by atoms with Gasteiger partial charge in [0, 0.05) is 37.1 Å². The summed E-state index contributed by atoms with van der Waals surface area (Å²) in [6.45, 7) is 3.19. The van der Waals surface area contributed by atoms with Crippen molar-refractivity contribution in [1.82, 2.24) is 15.1 Å². The number of piperazine rings is 1. The number of nitrogens with one attached hydrogen (secondary N) is 1. The van der Waals surface area contributed by atoms with Gasteiger partial charge >= 0.3 is 0 Å². The van der Waals surface area contributed by atoms with E-state index in [9.17, 15) is 14.4 Å². The van der Waals surface area contributed by atoms with E-state index in [0.717, 1.165) is 30.0 Å². The second-order valence-corrected chi connectivity index (χ2v) is 8.15. The molecule has 3 aliphatic rings. The van der Waals surface area contributed by atoms with E-state index in [1.807, 2.05) is 34.1 Å². The van der Waals surface area contributed by atoms with Crippen molar-refractivity contribution in [2.45, 2.75) is 23.8 Å². The molecule has 3 heterocycles. The highest BCUT2D eigenvalue weighted by molar-refractivity contribution is 8.00. The summed E-state index contributed by atoms with van der Waals surface area (Å²) in [4.78, 5) is 43.9. The summed E-state index contributed by atoms with van der Waals surface area (Å²) in [6, 6.07) is 7.79. The van der Waals surface area contributed by atoms with E-state index >= 15 is 0 Å². The molecule has 2 saturated heterocycles. The fraction of sp³-hybridized carbons (Fsp3) is 0.526. The molecular weight excluding hydrogens is 400 g/mol. The third-order valence-corrected chi connectivity index (χ3v) is 6.47. The number of likely N-dealkylation sites (tertiary alicyclic amines) is 1. The summed E-state index contributed by atoms with van der Waals surface area (Å²) in [6.07, 6.45) is 1.81. The predicted molar refractivity (Wildman–Crippen MR) is 111 cm³/mol. The van der Waals surface area contributed by atoms with E-state index in [1.54, 1.807) is 4.90 Å². The summed E-state index contributed by atoms with van der Waals surface area (Å²) in [7, 11) is 0. The first-order chi connectivity index (χ1) is 13.1. The minimum absolute atomic E-state index is 0. The number of hydrogen-bond acceptors (Lipinski definition) is 5. The molecule has 0 bridgehead atoms. The van der Waals surface area contributed by atoms with Crippen LogP contribution in [-0.2, 0) is 14.4 Å². The van der Waals surface area contributed by atoms with Gasteiger partial charge in [0.25, 0.3) is 0 Å². The average Bonchev–Trinajstić information content (AvgIpc) is 2.70. The van der Waals surface area contributed by atoms with Crippen molar-refractivity contribution in [1.29, 1.82) is 0 Å². The number of halogens is 1. The molecule has 152 valence electrons. The Labute approximate surface area is 175 Å². The van der Waals surface area contributed by atoms with Crippen molar-refractivity contribution >= 4 is 47.6 Å². The summed E-state index contributed by atoms with van der Waals surface area (Å²) in [5.74, 6) is 0.398. The number of piperidine rings is 1. The van der Waals surface area contributed by atoms with E-state index in [2.05, 4.69) is 5.32 Å². The number of para-hydroxylation sites is 1. The molecule has 1 atom stereocenters. The zero-order chi connectivity index (χ0) is 18.8. The van der Waals surface area contributed by atoms with Gasteiger partial charge in [0.15, 0.2) is 0 Å². The fourth-order valence-corrected chi connectivity index (χ4v) is 4.94. The Hall–Kier alpha value is -1.77. The van der Waals surface area contributed by atoms with E-state index in [4.69, 9.17) is 0 Å². The molecular formula is C19H25ClN4O3S. The first-order valence-electron chi connectivity index (χ1n) is 9.43. The maximum Gasteiger partial charge on any atom is 0.242 e. The van der Waals surface area contributed by atoms with Gasteiger partial charge in [0.05, 0.1) is 18.0 Å². The second kappa shape index (κ2) is 9.15. The lowest BCUT2D eigenvalue weighted by atomic mass is 10.0. The van der Waals surface area contributed by atoms with Crippen LogP contribution in [-0.4, -0.2) is 78.6 Å². The van der Waals surface area contributed by atoms with Crippen molar-refractivity contribution in [2.75, 3.05) is 49.9 Å². The lowest BCUT2D eigenvalue weighted by Crippen LogP contribution is -2.58. The lowest BCUT2D eigenvalue weighted by molar-refractivity contribution is -0.140. The first-order valence-corrected chi connectivity index (χ1v) is 10.4. The fourth-order valence-electron chi connectivity index (χ4n) is 4.01.